The Balaban J connectivity index is 2.14. The number of aromatic nitrogens is 4. The average Bonchev–Trinajstić information content (AvgIpc) is 2.95. The highest BCUT2D eigenvalue weighted by atomic mass is 19.3. The van der Waals surface area contributed by atoms with Crippen LogP contribution in [0.4, 0.5) is 14.6 Å². The number of nitrogens with one attached hydrogen (secondary N) is 1. The molecular weight excluding hydrogens is 268 g/mol. The highest BCUT2D eigenvalue weighted by molar-refractivity contribution is 5.92. The SMILES string of the molecule is Cc1cc(C(F)F)nn1C(C)C(=O)Nc1ccn(C)n1. The number of anilines is 1. The van der Waals surface area contributed by atoms with Crippen molar-refractivity contribution in [1.82, 2.24) is 19.6 Å². The summed E-state index contributed by atoms with van der Waals surface area (Å²) in [7, 11) is 1.73. The van der Waals surface area contributed by atoms with Crippen LogP contribution < -0.4 is 5.32 Å². The van der Waals surface area contributed by atoms with E-state index in [1.54, 1.807) is 37.8 Å². The number of rotatable bonds is 4. The van der Waals surface area contributed by atoms with Crippen LogP contribution in [0.3, 0.4) is 0 Å². The van der Waals surface area contributed by atoms with Crippen LogP contribution in [-0.4, -0.2) is 25.5 Å². The molecule has 1 unspecified atom stereocenters. The predicted molar refractivity (Wildman–Crippen MR) is 68.5 cm³/mol. The number of alkyl halides is 2. The molecule has 0 saturated heterocycles. The van der Waals surface area contributed by atoms with Gasteiger partial charge < -0.3 is 5.32 Å². The topological polar surface area (TPSA) is 64.7 Å². The maximum Gasteiger partial charge on any atom is 0.282 e. The van der Waals surface area contributed by atoms with Gasteiger partial charge in [-0.1, -0.05) is 0 Å². The molecule has 8 heteroatoms. The fraction of sp³-hybridized carbons (Fsp3) is 0.417. The van der Waals surface area contributed by atoms with E-state index in [1.807, 2.05) is 0 Å². The Morgan fingerprint density at radius 2 is 2.10 bits per heavy atom. The zero-order chi connectivity index (χ0) is 14.9. The third-order valence-electron chi connectivity index (χ3n) is 2.88. The zero-order valence-electron chi connectivity index (χ0n) is 11.3. The number of nitrogens with zero attached hydrogens (tertiary/aromatic N) is 4. The van der Waals surface area contributed by atoms with E-state index in [9.17, 15) is 13.6 Å². The van der Waals surface area contributed by atoms with Gasteiger partial charge in [-0.3, -0.25) is 14.2 Å². The molecule has 0 aliphatic heterocycles. The van der Waals surface area contributed by atoms with Crippen molar-refractivity contribution in [3.63, 3.8) is 0 Å². The third kappa shape index (κ3) is 2.84. The summed E-state index contributed by atoms with van der Waals surface area (Å²) in [5, 5.41) is 10.4. The van der Waals surface area contributed by atoms with Gasteiger partial charge in [-0.2, -0.15) is 10.2 Å². The highest BCUT2D eigenvalue weighted by Gasteiger charge is 2.21. The first-order valence-corrected chi connectivity index (χ1v) is 6.03. The van der Waals surface area contributed by atoms with Crippen LogP contribution in [0.5, 0.6) is 0 Å². The second-order valence-corrected chi connectivity index (χ2v) is 4.50. The van der Waals surface area contributed by atoms with Crippen LogP contribution in [-0.2, 0) is 11.8 Å². The number of carbonyl (C=O) groups is 1. The van der Waals surface area contributed by atoms with Crippen LogP contribution >= 0.6 is 0 Å². The molecule has 0 aromatic carbocycles. The number of aryl methyl sites for hydroxylation is 2. The molecular formula is C12H15F2N5O. The van der Waals surface area contributed by atoms with Crippen LogP contribution in [0, 0.1) is 6.92 Å². The molecule has 0 spiro atoms. The molecule has 0 fully saturated rings. The minimum absolute atomic E-state index is 0.333. The quantitative estimate of drug-likeness (QED) is 0.934. The summed E-state index contributed by atoms with van der Waals surface area (Å²) < 4.78 is 28.0. The molecule has 6 nitrogen and oxygen atoms in total. The van der Waals surface area contributed by atoms with Crippen molar-refractivity contribution in [1.29, 1.82) is 0 Å². The highest BCUT2D eigenvalue weighted by Crippen LogP contribution is 2.20. The first kappa shape index (κ1) is 14.2. The Labute approximate surface area is 114 Å². The molecule has 1 atom stereocenters. The first-order valence-electron chi connectivity index (χ1n) is 6.03. The maximum atomic E-state index is 12.6. The molecule has 1 N–H and O–H groups in total. The van der Waals surface area contributed by atoms with Crippen molar-refractivity contribution in [2.45, 2.75) is 26.3 Å². The predicted octanol–water partition coefficient (Wildman–Crippen LogP) is 2.06. The van der Waals surface area contributed by atoms with E-state index in [0.717, 1.165) is 0 Å². The monoisotopic (exact) mass is 283 g/mol. The molecule has 1 amide bonds. The molecule has 2 aromatic heterocycles. The first-order chi connectivity index (χ1) is 9.38. The van der Waals surface area contributed by atoms with E-state index in [-0.39, 0.29) is 11.6 Å². The van der Waals surface area contributed by atoms with Gasteiger partial charge in [0.05, 0.1) is 0 Å². The number of carbonyl (C=O) groups excluding carboxylic acids is 1. The summed E-state index contributed by atoms with van der Waals surface area (Å²) >= 11 is 0. The van der Waals surface area contributed by atoms with Crippen LogP contribution in [0.25, 0.3) is 0 Å². The average molecular weight is 283 g/mol. The van der Waals surface area contributed by atoms with Gasteiger partial charge in [0.15, 0.2) is 5.82 Å². The lowest BCUT2D eigenvalue weighted by molar-refractivity contribution is -0.119. The second-order valence-electron chi connectivity index (χ2n) is 4.50. The molecule has 2 heterocycles. The summed E-state index contributed by atoms with van der Waals surface area (Å²) in [4.78, 5) is 12.0. The van der Waals surface area contributed by atoms with Gasteiger partial charge >= 0.3 is 0 Å². The summed E-state index contributed by atoms with van der Waals surface area (Å²) in [6, 6.07) is 2.21. The maximum absolute atomic E-state index is 12.6. The van der Waals surface area contributed by atoms with Gasteiger partial charge in [-0.25, -0.2) is 8.78 Å². The Hall–Kier alpha value is -2.25. The fourth-order valence-corrected chi connectivity index (χ4v) is 1.83. The molecule has 20 heavy (non-hydrogen) atoms. The number of amides is 1. The molecule has 108 valence electrons. The third-order valence-corrected chi connectivity index (χ3v) is 2.88. The van der Waals surface area contributed by atoms with Gasteiger partial charge in [0.2, 0.25) is 5.91 Å². The molecule has 0 saturated carbocycles. The summed E-state index contributed by atoms with van der Waals surface area (Å²) in [5.41, 5.74) is 0.170. The summed E-state index contributed by atoms with van der Waals surface area (Å²) in [5.74, 6) is 0.0407. The Kier molecular flexibility index (Phi) is 3.82. The molecule has 0 aliphatic carbocycles. The summed E-state index contributed by atoms with van der Waals surface area (Å²) in [6.45, 7) is 3.22. The molecule has 0 radical (unpaired) electrons. The van der Waals surface area contributed by atoms with Crippen molar-refractivity contribution < 1.29 is 13.6 Å². The van der Waals surface area contributed by atoms with Crippen molar-refractivity contribution >= 4 is 11.7 Å². The van der Waals surface area contributed by atoms with Crippen molar-refractivity contribution in [3.05, 3.63) is 29.7 Å². The van der Waals surface area contributed by atoms with E-state index < -0.39 is 12.5 Å². The lowest BCUT2D eigenvalue weighted by Crippen LogP contribution is -2.25. The lowest BCUT2D eigenvalue weighted by Gasteiger charge is -2.13. The van der Waals surface area contributed by atoms with Gasteiger partial charge in [-0.15, -0.1) is 0 Å². The van der Waals surface area contributed by atoms with E-state index >= 15 is 0 Å². The van der Waals surface area contributed by atoms with Crippen molar-refractivity contribution in [3.8, 4) is 0 Å². The number of hydrogen-bond donors (Lipinski definition) is 1. The van der Waals surface area contributed by atoms with E-state index in [2.05, 4.69) is 15.5 Å². The van der Waals surface area contributed by atoms with E-state index in [0.29, 0.717) is 11.5 Å². The van der Waals surface area contributed by atoms with Gasteiger partial charge in [0.1, 0.15) is 11.7 Å². The van der Waals surface area contributed by atoms with Gasteiger partial charge in [0.25, 0.3) is 6.43 Å². The number of halogens is 2. The smallest absolute Gasteiger partial charge is 0.282 e. The Bertz CT molecular complexity index is 619. The lowest BCUT2D eigenvalue weighted by atomic mass is 10.3. The molecule has 0 aliphatic rings. The molecule has 2 aromatic rings. The van der Waals surface area contributed by atoms with Crippen LogP contribution in [0.15, 0.2) is 18.3 Å². The van der Waals surface area contributed by atoms with Gasteiger partial charge in [0, 0.05) is 25.0 Å². The molecule has 0 bridgehead atoms. The Morgan fingerprint density at radius 1 is 1.40 bits per heavy atom. The largest absolute Gasteiger partial charge is 0.307 e. The van der Waals surface area contributed by atoms with Crippen LogP contribution in [0.2, 0.25) is 0 Å². The minimum atomic E-state index is -2.65. The van der Waals surface area contributed by atoms with E-state index in [4.69, 9.17) is 0 Å². The Morgan fingerprint density at radius 3 is 2.60 bits per heavy atom. The zero-order valence-corrected chi connectivity index (χ0v) is 11.3. The second kappa shape index (κ2) is 5.40. The fourth-order valence-electron chi connectivity index (χ4n) is 1.83. The van der Waals surface area contributed by atoms with E-state index in [1.165, 1.54) is 10.7 Å². The van der Waals surface area contributed by atoms with Crippen LogP contribution in [0.1, 0.15) is 30.8 Å². The molecule has 2 rings (SSSR count). The van der Waals surface area contributed by atoms with Gasteiger partial charge in [-0.05, 0) is 19.9 Å². The summed E-state index contributed by atoms with van der Waals surface area (Å²) in [6.07, 6.45) is -0.963. The normalized spacial score (nSPS) is 12.7. The van der Waals surface area contributed by atoms with Crippen molar-refractivity contribution in [2.75, 3.05) is 5.32 Å². The minimum Gasteiger partial charge on any atom is -0.307 e. The standard InChI is InChI=1S/C12H15F2N5O/c1-7-6-9(11(13)14)16-19(7)8(2)12(20)15-10-4-5-18(3)17-10/h4-6,8,11H,1-3H3,(H,15,17,20). The number of hydrogen-bond acceptors (Lipinski definition) is 3. The van der Waals surface area contributed by atoms with Crippen molar-refractivity contribution in [2.24, 2.45) is 7.05 Å².